The number of fused-ring (bicyclic) bond motifs is 2. The average Bonchev–Trinajstić information content (AvgIpc) is 3.08. The Morgan fingerprint density at radius 2 is 2.00 bits per heavy atom. The summed E-state index contributed by atoms with van der Waals surface area (Å²) in [5.41, 5.74) is 1.33. The molecule has 0 saturated heterocycles. The van der Waals surface area contributed by atoms with E-state index in [0.29, 0.717) is 27.3 Å². The first-order valence-electron chi connectivity index (χ1n) is 6.88. The number of halogens is 4. The molecule has 0 spiro atoms. The largest absolute Gasteiger partial charge is 0.433 e. The fourth-order valence-corrected chi connectivity index (χ4v) is 2.97. The molecule has 0 aliphatic carbocycles. The number of aromatic amines is 1. The van der Waals surface area contributed by atoms with E-state index in [2.05, 4.69) is 20.3 Å². The topological polar surface area (TPSA) is 59.4 Å². The second-order valence-electron chi connectivity index (χ2n) is 5.33. The van der Waals surface area contributed by atoms with E-state index < -0.39 is 11.9 Å². The molecule has 0 aliphatic rings. The van der Waals surface area contributed by atoms with Crippen molar-refractivity contribution in [3.63, 3.8) is 0 Å². The van der Waals surface area contributed by atoms with Gasteiger partial charge in [0.05, 0.1) is 22.4 Å². The van der Waals surface area contributed by atoms with Gasteiger partial charge in [-0.25, -0.2) is 4.98 Å². The van der Waals surface area contributed by atoms with E-state index in [-0.39, 0.29) is 5.52 Å². The van der Waals surface area contributed by atoms with Crippen LogP contribution in [0.3, 0.4) is 0 Å². The molecular weight excluding hydrogens is 343 g/mol. The lowest BCUT2D eigenvalue weighted by molar-refractivity contribution is -0.140. The first-order chi connectivity index (χ1) is 11.3. The molecular formula is C15H9ClF3N5. The molecule has 0 amide bonds. The van der Waals surface area contributed by atoms with Crippen molar-refractivity contribution < 1.29 is 13.2 Å². The highest BCUT2D eigenvalue weighted by molar-refractivity contribution is 6.35. The van der Waals surface area contributed by atoms with E-state index in [0.717, 1.165) is 11.5 Å². The van der Waals surface area contributed by atoms with Gasteiger partial charge in [0.2, 0.25) is 0 Å². The van der Waals surface area contributed by atoms with Crippen LogP contribution in [0.15, 0.2) is 30.5 Å². The zero-order valence-electron chi connectivity index (χ0n) is 12.2. The van der Waals surface area contributed by atoms with Crippen molar-refractivity contribution in [2.45, 2.75) is 6.18 Å². The van der Waals surface area contributed by atoms with Gasteiger partial charge < -0.3 is 0 Å². The molecule has 1 N–H and O–H groups in total. The van der Waals surface area contributed by atoms with Crippen LogP contribution in [0.1, 0.15) is 5.69 Å². The van der Waals surface area contributed by atoms with Crippen molar-refractivity contribution in [3.8, 4) is 11.3 Å². The van der Waals surface area contributed by atoms with E-state index in [1.807, 2.05) is 0 Å². The Balaban J connectivity index is 2.02. The van der Waals surface area contributed by atoms with Crippen LogP contribution in [0.4, 0.5) is 13.2 Å². The first-order valence-corrected chi connectivity index (χ1v) is 7.26. The number of hydrogen-bond donors (Lipinski definition) is 1. The van der Waals surface area contributed by atoms with E-state index in [4.69, 9.17) is 11.6 Å². The van der Waals surface area contributed by atoms with Gasteiger partial charge in [-0.15, -0.1) is 0 Å². The van der Waals surface area contributed by atoms with Crippen LogP contribution in [-0.2, 0) is 13.2 Å². The number of nitrogens with zero attached hydrogens (tertiary/aromatic N) is 4. The summed E-state index contributed by atoms with van der Waals surface area (Å²) in [5, 5.41) is 12.1. The molecule has 0 radical (unpaired) electrons. The predicted molar refractivity (Wildman–Crippen MR) is 83.6 cm³/mol. The van der Waals surface area contributed by atoms with Crippen LogP contribution in [0, 0.1) is 0 Å². The normalized spacial score (nSPS) is 12.4. The number of nitrogens with one attached hydrogen (secondary N) is 1. The highest BCUT2D eigenvalue weighted by atomic mass is 35.5. The molecule has 0 unspecified atom stereocenters. The van der Waals surface area contributed by atoms with Crippen LogP contribution in [0.25, 0.3) is 33.2 Å². The minimum atomic E-state index is -4.52. The third-order valence-corrected chi connectivity index (χ3v) is 4.04. The lowest BCUT2D eigenvalue weighted by Crippen LogP contribution is -2.07. The second-order valence-corrected chi connectivity index (χ2v) is 5.73. The fraction of sp³-hybridized carbons (Fsp3) is 0.133. The lowest BCUT2D eigenvalue weighted by Gasteiger charge is -2.07. The maximum absolute atomic E-state index is 13.0. The number of aryl methyl sites for hydroxylation is 1. The van der Waals surface area contributed by atoms with E-state index >= 15 is 0 Å². The smallest absolute Gasteiger partial charge is 0.276 e. The van der Waals surface area contributed by atoms with Crippen LogP contribution < -0.4 is 0 Å². The fourth-order valence-electron chi connectivity index (χ4n) is 2.70. The van der Waals surface area contributed by atoms with E-state index in [9.17, 15) is 13.2 Å². The van der Waals surface area contributed by atoms with Gasteiger partial charge in [0.15, 0.2) is 0 Å². The van der Waals surface area contributed by atoms with Crippen molar-refractivity contribution in [3.05, 3.63) is 41.2 Å². The molecule has 9 heteroatoms. The summed E-state index contributed by atoms with van der Waals surface area (Å²) in [6.45, 7) is 0. The molecule has 0 saturated carbocycles. The summed E-state index contributed by atoms with van der Waals surface area (Å²) in [5.74, 6) is 0. The number of H-pyrrole nitrogens is 1. The van der Waals surface area contributed by atoms with Crippen LogP contribution in [0.2, 0.25) is 5.02 Å². The molecule has 3 aromatic heterocycles. The summed E-state index contributed by atoms with van der Waals surface area (Å²) in [4.78, 5) is 3.77. The van der Waals surface area contributed by atoms with Crippen molar-refractivity contribution in [1.82, 2.24) is 25.0 Å². The number of rotatable bonds is 1. The number of hydrogen-bond acceptors (Lipinski definition) is 3. The number of benzene rings is 1. The number of pyridine rings is 1. The van der Waals surface area contributed by atoms with Crippen molar-refractivity contribution in [2.75, 3.05) is 0 Å². The molecule has 0 aliphatic heterocycles. The molecule has 1 aromatic carbocycles. The maximum atomic E-state index is 13.0. The van der Waals surface area contributed by atoms with Crippen LogP contribution in [0.5, 0.6) is 0 Å². The van der Waals surface area contributed by atoms with Crippen LogP contribution in [-0.4, -0.2) is 25.0 Å². The molecule has 5 nitrogen and oxygen atoms in total. The Morgan fingerprint density at radius 3 is 2.75 bits per heavy atom. The van der Waals surface area contributed by atoms with Crippen molar-refractivity contribution in [1.29, 1.82) is 0 Å². The minimum Gasteiger partial charge on any atom is -0.276 e. The van der Waals surface area contributed by atoms with Crippen LogP contribution >= 0.6 is 11.6 Å². The first kappa shape index (κ1) is 14.9. The Labute approximate surface area is 138 Å². The molecule has 3 heterocycles. The summed E-state index contributed by atoms with van der Waals surface area (Å²) < 4.78 is 40.4. The predicted octanol–water partition coefficient (Wildman–Crippen LogP) is 4.18. The summed E-state index contributed by atoms with van der Waals surface area (Å²) in [7, 11) is 1.65. The van der Waals surface area contributed by atoms with Gasteiger partial charge in [-0.3, -0.25) is 9.78 Å². The van der Waals surface area contributed by atoms with Gasteiger partial charge in [0.1, 0.15) is 16.7 Å². The third kappa shape index (κ3) is 2.22. The Bertz CT molecular complexity index is 1080. The summed E-state index contributed by atoms with van der Waals surface area (Å²) in [6.07, 6.45) is -2.93. The Kier molecular flexibility index (Phi) is 3.08. The second kappa shape index (κ2) is 4.94. The molecule has 4 aromatic rings. The zero-order valence-corrected chi connectivity index (χ0v) is 12.9. The van der Waals surface area contributed by atoms with E-state index in [1.54, 1.807) is 25.4 Å². The maximum Gasteiger partial charge on any atom is 0.433 e. The average molecular weight is 352 g/mol. The highest BCUT2D eigenvalue weighted by Crippen LogP contribution is 2.35. The Hall–Kier alpha value is -2.61. The van der Waals surface area contributed by atoms with Gasteiger partial charge in [0, 0.05) is 18.0 Å². The van der Waals surface area contributed by atoms with Gasteiger partial charge in [0.25, 0.3) is 0 Å². The van der Waals surface area contributed by atoms with Gasteiger partial charge in [-0.05, 0) is 24.3 Å². The highest BCUT2D eigenvalue weighted by Gasteiger charge is 2.33. The number of aromatic nitrogens is 5. The van der Waals surface area contributed by atoms with Gasteiger partial charge >= 0.3 is 6.18 Å². The van der Waals surface area contributed by atoms with E-state index in [1.165, 1.54) is 10.7 Å². The molecule has 0 atom stereocenters. The third-order valence-electron chi connectivity index (χ3n) is 3.74. The molecule has 0 fully saturated rings. The van der Waals surface area contributed by atoms with Crippen molar-refractivity contribution in [2.24, 2.45) is 7.05 Å². The molecule has 24 heavy (non-hydrogen) atoms. The quantitative estimate of drug-likeness (QED) is 0.559. The molecule has 0 bridgehead atoms. The number of alkyl halides is 3. The monoisotopic (exact) mass is 351 g/mol. The van der Waals surface area contributed by atoms with Gasteiger partial charge in [-0.1, -0.05) is 11.6 Å². The molecule has 4 rings (SSSR count). The van der Waals surface area contributed by atoms with Gasteiger partial charge in [-0.2, -0.15) is 23.4 Å². The lowest BCUT2D eigenvalue weighted by atomic mass is 10.1. The summed E-state index contributed by atoms with van der Waals surface area (Å²) in [6, 6.07) is 5.67. The summed E-state index contributed by atoms with van der Waals surface area (Å²) >= 11 is 6.23. The SMILES string of the molecule is Cn1nc2ccc(C(F)(F)F)nc2c1-c1cc(Cl)c2[nH]ncc2c1. The minimum absolute atomic E-state index is 0.172. The zero-order chi connectivity index (χ0) is 17.1. The van der Waals surface area contributed by atoms with Crippen molar-refractivity contribution >= 4 is 33.5 Å². The standard InChI is InChI=1S/C15H9ClF3N5/c1-24-14(7-4-8-6-20-22-12(8)9(16)5-7)13-10(23-24)2-3-11(21-13)15(17,18)19/h2-6H,1H3,(H,20,22). The molecule has 122 valence electrons. The Morgan fingerprint density at radius 1 is 1.21 bits per heavy atom.